The number of fused-ring (bicyclic) bond motifs is 7. The van der Waals surface area contributed by atoms with Gasteiger partial charge in [-0.05, 0) is 123 Å². The summed E-state index contributed by atoms with van der Waals surface area (Å²) in [5.41, 5.74) is 6.10. The molecule has 0 saturated heterocycles. The van der Waals surface area contributed by atoms with Gasteiger partial charge in [-0.25, -0.2) is 9.59 Å². The number of carbonyl (C=O) groups excluding carboxylic acids is 2. The van der Waals surface area contributed by atoms with Crippen molar-refractivity contribution in [3.63, 3.8) is 0 Å². The zero-order valence-corrected chi connectivity index (χ0v) is 40.0. The first-order valence-electron chi connectivity index (χ1n) is 24.7. The van der Waals surface area contributed by atoms with Crippen LogP contribution in [0.3, 0.4) is 0 Å². The molecule has 0 radical (unpaired) electrons. The number of esters is 2. The van der Waals surface area contributed by atoms with E-state index in [-0.39, 0.29) is 78.3 Å². The van der Waals surface area contributed by atoms with Crippen molar-refractivity contribution in [3.8, 4) is 17.6 Å². The van der Waals surface area contributed by atoms with Crippen LogP contribution in [-0.2, 0) is 48.7 Å². The van der Waals surface area contributed by atoms with Gasteiger partial charge in [0.15, 0.2) is 17.8 Å². The molecular weight excluding hydrogens is 885 g/mol. The lowest BCUT2D eigenvalue weighted by molar-refractivity contribution is -0.190. The monoisotopic (exact) mass is 944 g/mol. The molecule has 3 N–H and O–H groups in total. The number of hydrogen-bond donors (Lipinski definition) is 3. The van der Waals surface area contributed by atoms with E-state index in [0.717, 1.165) is 41.5 Å². The van der Waals surface area contributed by atoms with Crippen LogP contribution in [0.25, 0.3) is 11.0 Å². The van der Waals surface area contributed by atoms with E-state index < -0.39 is 60.1 Å². The minimum absolute atomic E-state index is 0.00169. The van der Waals surface area contributed by atoms with Crippen LogP contribution in [0.4, 0.5) is 0 Å². The van der Waals surface area contributed by atoms with E-state index in [0.29, 0.717) is 30.2 Å². The topological polar surface area (TPSA) is 162 Å². The minimum atomic E-state index is -1.37. The molecule has 7 bridgehead atoms. The van der Waals surface area contributed by atoms with Crippen LogP contribution in [0.15, 0.2) is 117 Å². The Morgan fingerprint density at radius 1 is 0.929 bits per heavy atom. The van der Waals surface area contributed by atoms with Crippen molar-refractivity contribution in [1.29, 1.82) is 0 Å². The molecule has 4 aliphatic heterocycles. The van der Waals surface area contributed by atoms with Gasteiger partial charge in [-0.3, -0.25) is 4.79 Å². The fraction of sp³-hybridized carbons (Fsp3) is 0.407. The second-order valence-corrected chi connectivity index (χ2v) is 20.2. The van der Waals surface area contributed by atoms with E-state index >= 15 is 4.79 Å². The SMILES string of the molecule is CC(C)=C1CCc2ccc3c(c2)[C@@H]2C#CC[C@@]4(C)Oc5ccc6c(CO)c([C@H](CCO)COCO)c(=O)oc6c5[C@@H](OC(=O)C[C@H]5C[C@H](c6cccc(Cc7ccccc7)c6)C=C[C@]35CC2)[C@@H]4OC1=O. The van der Waals surface area contributed by atoms with Crippen LogP contribution in [0.5, 0.6) is 5.75 Å². The molecule has 4 aromatic carbocycles. The molecule has 11 rings (SSSR count). The number of ether oxygens (including phenoxy) is 4. The fourth-order valence-corrected chi connectivity index (χ4v) is 12.1. The molecule has 5 aromatic rings. The Hall–Kier alpha value is -6.29. The molecule has 1 aromatic heterocycles. The van der Waals surface area contributed by atoms with Gasteiger partial charge < -0.3 is 38.7 Å². The van der Waals surface area contributed by atoms with Gasteiger partial charge in [0.2, 0.25) is 0 Å². The maximum Gasteiger partial charge on any atom is 0.340 e. The first kappa shape index (κ1) is 47.4. The molecule has 362 valence electrons. The zero-order valence-electron chi connectivity index (χ0n) is 40.0. The van der Waals surface area contributed by atoms with Crippen LogP contribution in [0.2, 0.25) is 0 Å². The second kappa shape index (κ2) is 19.5. The highest BCUT2D eigenvalue weighted by molar-refractivity contribution is 5.90. The molecule has 2 aliphatic carbocycles. The summed E-state index contributed by atoms with van der Waals surface area (Å²) in [6.45, 7) is 3.96. The zero-order chi connectivity index (χ0) is 48.7. The molecule has 70 heavy (non-hydrogen) atoms. The molecule has 0 fully saturated rings. The number of hydrogen-bond acceptors (Lipinski definition) is 11. The summed E-state index contributed by atoms with van der Waals surface area (Å²) in [7, 11) is 0. The molecule has 6 aliphatic rings. The Morgan fingerprint density at radius 2 is 1.76 bits per heavy atom. The average molecular weight is 945 g/mol. The summed E-state index contributed by atoms with van der Waals surface area (Å²) in [5, 5.41) is 30.8. The van der Waals surface area contributed by atoms with Crippen molar-refractivity contribution in [1.82, 2.24) is 0 Å². The largest absolute Gasteiger partial charge is 0.482 e. The van der Waals surface area contributed by atoms with Crippen LogP contribution in [-0.4, -0.2) is 59.0 Å². The average Bonchev–Trinajstić information content (AvgIpc) is 3.34. The standard InChI is InChI=1S/C59H60O11/c1-35(2)44-16-14-37-15-18-48-46(29-37)39-13-8-23-58(3)55(69-56(44)64)54(52-49(70-58)19-17-45-47(32-61)51(57(65)68-53(45)52)42(22-26-60)33-66-34-62)67-50(63)31-43-30-41(21-25-59(43,48)24-20-39)40-12-7-11-38(28-40)27-36-9-5-4-6-10-36/h4-7,9-12,15,17-19,21,25,28-29,39,41-43,54-55,60-62H,14,16,20,22-24,26-27,30-34H2,1-3H3/t39-,41-,42-,43-,54-,55+,58-,59+/m1/s1. The van der Waals surface area contributed by atoms with Gasteiger partial charge in [-0.2, -0.15) is 0 Å². The fourth-order valence-electron chi connectivity index (χ4n) is 12.1. The van der Waals surface area contributed by atoms with Gasteiger partial charge in [0.25, 0.3) is 0 Å². The third-order valence-corrected chi connectivity index (χ3v) is 15.7. The van der Waals surface area contributed by atoms with Crippen LogP contribution >= 0.6 is 0 Å². The number of aryl methyl sites for hydroxylation is 1. The quantitative estimate of drug-likeness (QED) is 0.0306. The van der Waals surface area contributed by atoms with E-state index in [4.69, 9.17) is 23.4 Å². The highest BCUT2D eigenvalue weighted by Gasteiger charge is 2.54. The lowest BCUT2D eigenvalue weighted by atomic mass is 9.55. The van der Waals surface area contributed by atoms with Crippen LogP contribution in [0, 0.1) is 17.8 Å². The summed E-state index contributed by atoms with van der Waals surface area (Å²) < 4.78 is 31.9. The Bertz CT molecular complexity index is 3020. The van der Waals surface area contributed by atoms with Gasteiger partial charge in [-0.1, -0.05) is 102 Å². The molecule has 8 atom stereocenters. The third-order valence-electron chi connectivity index (χ3n) is 15.7. The summed E-state index contributed by atoms with van der Waals surface area (Å²) >= 11 is 0. The van der Waals surface area contributed by atoms with Crippen molar-refractivity contribution in [2.24, 2.45) is 5.92 Å². The molecule has 11 nitrogen and oxygen atoms in total. The van der Waals surface area contributed by atoms with Gasteiger partial charge in [-0.15, -0.1) is 0 Å². The molecular formula is C59H60O11. The highest BCUT2D eigenvalue weighted by atomic mass is 16.6. The maximum atomic E-state index is 15.3. The van der Waals surface area contributed by atoms with Crippen molar-refractivity contribution in [2.45, 2.75) is 126 Å². The number of benzene rings is 4. The number of allylic oxidation sites excluding steroid dienone is 3. The van der Waals surface area contributed by atoms with Crippen molar-refractivity contribution >= 4 is 22.9 Å². The smallest absolute Gasteiger partial charge is 0.340 e. The molecule has 0 unspecified atom stereocenters. The number of carbonyl (C=O) groups is 2. The molecule has 0 saturated carbocycles. The predicted octanol–water partition coefficient (Wildman–Crippen LogP) is 9.21. The highest BCUT2D eigenvalue weighted by Crippen LogP contribution is 2.56. The Morgan fingerprint density at radius 3 is 2.54 bits per heavy atom. The van der Waals surface area contributed by atoms with Gasteiger partial charge in [0.05, 0.1) is 25.2 Å². The van der Waals surface area contributed by atoms with E-state index in [1.165, 1.54) is 16.7 Å². The summed E-state index contributed by atoms with van der Waals surface area (Å²) in [6, 6.07) is 29.2. The number of aliphatic hydroxyl groups is 3. The second-order valence-electron chi connectivity index (χ2n) is 20.2. The normalized spacial score (nSPS) is 26.1. The first-order valence-corrected chi connectivity index (χ1v) is 24.7. The minimum Gasteiger partial charge on any atom is -0.482 e. The molecule has 5 heterocycles. The van der Waals surface area contributed by atoms with Gasteiger partial charge >= 0.3 is 17.6 Å². The lowest BCUT2D eigenvalue weighted by Gasteiger charge is -2.48. The maximum absolute atomic E-state index is 15.3. The third kappa shape index (κ3) is 8.70. The number of rotatable bonds is 10. The van der Waals surface area contributed by atoms with Crippen molar-refractivity contribution in [3.05, 3.63) is 169 Å². The van der Waals surface area contributed by atoms with Gasteiger partial charge in [0, 0.05) is 52.7 Å². The Balaban J connectivity index is 1.15. The van der Waals surface area contributed by atoms with E-state index in [1.54, 1.807) is 12.1 Å². The number of aliphatic hydroxyl groups excluding tert-OH is 3. The van der Waals surface area contributed by atoms with Gasteiger partial charge in [0.1, 0.15) is 18.1 Å². The summed E-state index contributed by atoms with van der Waals surface area (Å²) in [4.78, 5) is 44.3. The predicted molar refractivity (Wildman–Crippen MR) is 263 cm³/mol. The van der Waals surface area contributed by atoms with E-state index in [1.807, 2.05) is 26.8 Å². The first-order chi connectivity index (χ1) is 33.9. The Labute approximate surface area is 408 Å². The molecule has 1 spiro atoms. The summed E-state index contributed by atoms with van der Waals surface area (Å²) in [5.74, 6) is 5.24. The summed E-state index contributed by atoms with van der Waals surface area (Å²) in [6.07, 6.45) is 6.30. The van der Waals surface area contributed by atoms with E-state index in [2.05, 4.69) is 90.7 Å². The molecule has 0 amide bonds. The van der Waals surface area contributed by atoms with Crippen LogP contribution in [0.1, 0.15) is 140 Å². The van der Waals surface area contributed by atoms with E-state index in [9.17, 15) is 24.9 Å². The Kier molecular flexibility index (Phi) is 13.2. The lowest BCUT2D eigenvalue weighted by Crippen LogP contribution is -2.54. The van der Waals surface area contributed by atoms with Crippen molar-refractivity contribution in [2.75, 3.05) is 20.0 Å². The van der Waals surface area contributed by atoms with Crippen molar-refractivity contribution < 1.29 is 48.3 Å². The van der Waals surface area contributed by atoms with Crippen LogP contribution < -0.4 is 10.4 Å². The molecule has 11 heteroatoms.